The first-order valence-corrected chi connectivity index (χ1v) is 11.4. The minimum Gasteiger partial charge on any atom is -0.465 e. The quantitative estimate of drug-likeness (QED) is 0.163. The van der Waals surface area contributed by atoms with Crippen LogP contribution in [0, 0.1) is 0 Å². The minimum atomic E-state index is -0.516. The molecule has 1 heterocycles. The van der Waals surface area contributed by atoms with Crippen LogP contribution in [0.3, 0.4) is 0 Å². The van der Waals surface area contributed by atoms with Crippen LogP contribution in [-0.4, -0.2) is 34.2 Å². The Balaban J connectivity index is 1.75. The molecule has 6 nitrogen and oxygen atoms in total. The largest absolute Gasteiger partial charge is 0.465 e. The van der Waals surface area contributed by atoms with Gasteiger partial charge in [-0.15, -0.1) is 0 Å². The molecular weight excluding hydrogens is 460 g/mol. The topological polar surface area (TPSA) is 78.3 Å². The fourth-order valence-corrected chi connectivity index (χ4v) is 4.32. The van der Waals surface area contributed by atoms with E-state index in [1.54, 1.807) is 42.5 Å². The van der Waals surface area contributed by atoms with Crippen LogP contribution < -0.4 is 5.56 Å². The highest BCUT2D eigenvalue weighted by Gasteiger charge is 2.16. The van der Waals surface area contributed by atoms with E-state index in [4.69, 9.17) is 16.3 Å². The third-order valence-corrected chi connectivity index (χ3v) is 6.25. The summed E-state index contributed by atoms with van der Waals surface area (Å²) < 4.78 is 6.31. The molecular formula is C25H19ClN2O4S. The molecule has 0 bridgehead atoms. The number of hydrogen-bond donors (Lipinski definition) is 0. The molecule has 8 heteroatoms. The van der Waals surface area contributed by atoms with Crippen LogP contribution in [0.15, 0.2) is 82.7 Å². The van der Waals surface area contributed by atoms with Crippen LogP contribution in [-0.2, 0) is 11.3 Å². The number of hydrogen-bond acceptors (Lipinski definition) is 6. The van der Waals surface area contributed by atoms with E-state index in [1.807, 2.05) is 18.2 Å². The smallest absolute Gasteiger partial charge is 0.337 e. The van der Waals surface area contributed by atoms with Crippen molar-refractivity contribution in [3.05, 3.63) is 105 Å². The Morgan fingerprint density at radius 3 is 2.42 bits per heavy atom. The molecule has 166 valence electrons. The number of ketones is 1. The Labute approximate surface area is 199 Å². The van der Waals surface area contributed by atoms with Crippen molar-refractivity contribution in [2.24, 2.45) is 0 Å². The average molecular weight is 479 g/mol. The van der Waals surface area contributed by atoms with Crippen LogP contribution >= 0.6 is 23.4 Å². The zero-order valence-corrected chi connectivity index (χ0v) is 19.2. The van der Waals surface area contributed by atoms with Gasteiger partial charge in [-0.3, -0.25) is 14.2 Å². The SMILES string of the molecule is COC(=O)c1ccc2c(=O)n(Cc3ccc(Cl)cc3)c(SCC(=O)c3ccccc3)nc2c1. The van der Waals surface area contributed by atoms with Crippen LogP contribution in [0.4, 0.5) is 0 Å². The molecule has 4 aromatic rings. The van der Waals surface area contributed by atoms with Crippen molar-refractivity contribution in [3.63, 3.8) is 0 Å². The number of methoxy groups -OCH3 is 1. The van der Waals surface area contributed by atoms with E-state index in [0.717, 1.165) is 5.56 Å². The van der Waals surface area contributed by atoms with Crippen molar-refractivity contribution in [2.45, 2.75) is 11.7 Å². The molecule has 0 aliphatic rings. The molecule has 0 spiro atoms. The molecule has 0 saturated heterocycles. The number of carbonyl (C=O) groups is 2. The van der Waals surface area contributed by atoms with Gasteiger partial charge >= 0.3 is 5.97 Å². The highest BCUT2D eigenvalue weighted by atomic mass is 35.5. The van der Waals surface area contributed by atoms with Gasteiger partial charge in [0.1, 0.15) is 0 Å². The van der Waals surface area contributed by atoms with Gasteiger partial charge in [0.2, 0.25) is 0 Å². The van der Waals surface area contributed by atoms with E-state index in [-0.39, 0.29) is 23.6 Å². The van der Waals surface area contributed by atoms with Gasteiger partial charge in [-0.2, -0.15) is 0 Å². The summed E-state index contributed by atoms with van der Waals surface area (Å²) >= 11 is 7.17. The predicted molar refractivity (Wildman–Crippen MR) is 129 cm³/mol. The van der Waals surface area contributed by atoms with E-state index >= 15 is 0 Å². The second-order valence-electron chi connectivity index (χ2n) is 7.21. The molecule has 0 radical (unpaired) electrons. The first-order valence-electron chi connectivity index (χ1n) is 10.0. The predicted octanol–water partition coefficient (Wildman–Crippen LogP) is 4.86. The molecule has 4 rings (SSSR count). The van der Waals surface area contributed by atoms with Gasteiger partial charge in [0, 0.05) is 10.6 Å². The van der Waals surface area contributed by atoms with Crippen molar-refractivity contribution in [2.75, 3.05) is 12.9 Å². The number of aromatic nitrogens is 2. The number of thioether (sulfide) groups is 1. The molecule has 1 aromatic heterocycles. The maximum atomic E-state index is 13.4. The molecule has 0 amide bonds. The lowest BCUT2D eigenvalue weighted by molar-refractivity contribution is 0.0600. The van der Waals surface area contributed by atoms with Crippen LogP contribution in [0.1, 0.15) is 26.3 Å². The van der Waals surface area contributed by atoms with Gasteiger partial charge < -0.3 is 4.74 Å². The Morgan fingerprint density at radius 2 is 1.73 bits per heavy atom. The maximum Gasteiger partial charge on any atom is 0.337 e. The molecule has 0 unspecified atom stereocenters. The summed E-state index contributed by atoms with van der Waals surface area (Å²) in [5, 5.41) is 1.35. The Hall–Kier alpha value is -3.42. The van der Waals surface area contributed by atoms with Crippen LogP contribution in [0.25, 0.3) is 10.9 Å². The molecule has 0 atom stereocenters. The lowest BCUT2D eigenvalue weighted by atomic mass is 10.1. The molecule has 0 fully saturated rings. The molecule has 33 heavy (non-hydrogen) atoms. The number of nitrogens with zero attached hydrogens (tertiary/aromatic N) is 2. The summed E-state index contributed by atoms with van der Waals surface area (Å²) in [7, 11) is 1.29. The minimum absolute atomic E-state index is 0.0729. The van der Waals surface area contributed by atoms with E-state index in [2.05, 4.69) is 4.98 Å². The van der Waals surface area contributed by atoms with Crippen LogP contribution in [0.2, 0.25) is 5.02 Å². The van der Waals surface area contributed by atoms with Crippen molar-refractivity contribution >= 4 is 46.0 Å². The number of fused-ring (bicyclic) bond motifs is 1. The lowest BCUT2D eigenvalue weighted by Crippen LogP contribution is -2.24. The third-order valence-electron chi connectivity index (χ3n) is 5.02. The van der Waals surface area contributed by atoms with E-state index < -0.39 is 5.97 Å². The first kappa shape index (κ1) is 22.8. The summed E-state index contributed by atoms with van der Waals surface area (Å²) in [5.74, 6) is -0.479. The normalized spacial score (nSPS) is 10.8. The van der Waals surface area contributed by atoms with Gasteiger partial charge in [-0.1, -0.05) is 65.8 Å². The van der Waals surface area contributed by atoms with Crippen molar-refractivity contribution in [3.8, 4) is 0 Å². The van der Waals surface area contributed by atoms with Crippen molar-refractivity contribution in [1.29, 1.82) is 0 Å². The van der Waals surface area contributed by atoms with Crippen molar-refractivity contribution < 1.29 is 14.3 Å². The third kappa shape index (κ3) is 5.16. The second-order valence-corrected chi connectivity index (χ2v) is 8.59. The Bertz CT molecular complexity index is 1390. The number of benzene rings is 3. The van der Waals surface area contributed by atoms with E-state index in [1.165, 1.54) is 35.6 Å². The number of ether oxygens (including phenoxy) is 1. The summed E-state index contributed by atoms with van der Waals surface area (Å²) in [5.41, 5.74) is 1.85. The molecule has 3 aromatic carbocycles. The average Bonchev–Trinajstić information content (AvgIpc) is 2.85. The monoisotopic (exact) mass is 478 g/mol. The highest BCUT2D eigenvalue weighted by molar-refractivity contribution is 7.99. The van der Waals surface area contributed by atoms with Gasteiger partial charge in [-0.05, 0) is 35.9 Å². The van der Waals surface area contributed by atoms with Gasteiger partial charge in [0.15, 0.2) is 10.9 Å². The number of Topliss-reactive ketones (excluding diaryl/α,β-unsaturated/α-hetero) is 1. The first-order chi connectivity index (χ1) is 16.0. The summed E-state index contributed by atoms with van der Waals surface area (Å²) in [6.45, 7) is 0.263. The zero-order chi connectivity index (χ0) is 23.4. The fraction of sp³-hybridized carbons (Fsp3) is 0.120. The van der Waals surface area contributed by atoms with Gasteiger partial charge in [0.05, 0.1) is 35.9 Å². The second kappa shape index (κ2) is 10.0. The van der Waals surface area contributed by atoms with Crippen LogP contribution in [0.5, 0.6) is 0 Å². The lowest BCUT2D eigenvalue weighted by Gasteiger charge is -2.14. The van der Waals surface area contributed by atoms with E-state index in [9.17, 15) is 14.4 Å². The number of esters is 1. The summed E-state index contributed by atoms with van der Waals surface area (Å²) in [4.78, 5) is 42.6. The van der Waals surface area contributed by atoms with E-state index in [0.29, 0.717) is 32.2 Å². The van der Waals surface area contributed by atoms with Gasteiger partial charge in [0.25, 0.3) is 5.56 Å². The molecule has 0 aliphatic carbocycles. The zero-order valence-electron chi connectivity index (χ0n) is 17.7. The number of carbonyl (C=O) groups excluding carboxylic acids is 2. The Morgan fingerprint density at radius 1 is 1.00 bits per heavy atom. The summed E-state index contributed by atoms with van der Waals surface area (Å²) in [6.07, 6.45) is 0. The van der Waals surface area contributed by atoms with Crippen molar-refractivity contribution in [1.82, 2.24) is 9.55 Å². The number of rotatable bonds is 7. The molecule has 0 aliphatic heterocycles. The maximum absolute atomic E-state index is 13.4. The molecule has 0 saturated carbocycles. The standard InChI is InChI=1S/C25H19ClN2O4S/c1-32-24(31)18-9-12-20-21(13-18)27-25(33-15-22(29)17-5-3-2-4-6-17)28(23(20)30)14-16-7-10-19(26)11-8-16/h2-13H,14-15H2,1H3. The molecule has 0 N–H and O–H groups in total. The number of halogens is 1. The highest BCUT2D eigenvalue weighted by Crippen LogP contribution is 2.22. The van der Waals surface area contributed by atoms with Gasteiger partial charge in [-0.25, -0.2) is 9.78 Å². The summed E-state index contributed by atoms with van der Waals surface area (Å²) in [6, 6.07) is 20.8. The Kier molecular flexibility index (Phi) is 6.91. The fourth-order valence-electron chi connectivity index (χ4n) is 3.30.